The van der Waals surface area contributed by atoms with Crippen molar-refractivity contribution in [3.05, 3.63) is 54.2 Å². The maximum absolute atomic E-state index is 13.7. The second-order valence-corrected chi connectivity index (χ2v) is 5.67. The third-order valence-corrected chi connectivity index (χ3v) is 4.07. The molecule has 0 N–H and O–H groups in total. The zero-order chi connectivity index (χ0) is 15.2. The lowest BCUT2D eigenvalue weighted by atomic mass is 9.97. The molecule has 1 aromatic carbocycles. The van der Waals surface area contributed by atoms with Gasteiger partial charge in [-0.25, -0.2) is 9.37 Å². The molecule has 0 amide bonds. The third kappa shape index (κ3) is 4.01. The first-order valence-electron chi connectivity index (χ1n) is 7.66. The van der Waals surface area contributed by atoms with Crippen LogP contribution in [0.25, 0.3) is 0 Å². The molecule has 5 heteroatoms. The lowest BCUT2D eigenvalue weighted by Gasteiger charge is -2.31. The molecule has 0 bridgehead atoms. The van der Waals surface area contributed by atoms with E-state index in [9.17, 15) is 4.39 Å². The number of halogens is 1. The highest BCUT2D eigenvalue weighted by Crippen LogP contribution is 2.20. The van der Waals surface area contributed by atoms with Crippen molar-refractivity contribution in [2.45, 2.75) is 19.4 Å². The lowest BCUT2D eigenvalue weighted by Crippen LogP contribution is -2.35. The number of hydrogen-bond donors (Lipinski definition) is 0. The first-order valence-corrected chi connectivity index (χ1v) is 7.66. The van der Waals surface area contributed by atoms with E-state index in [1.54, 1.807) is 24.7 Å². The molecule has 0 atom stereocenters. The maximum Gasteiger partial charge on any atom is 0.232 e. The van der Waals surface area contributed by atoms with Crippen LogP contribution in [-0.4, -0.2) is 34.6 Å². The van der Waals surface area contributed by atoms with Gasteiger partial charge in [0.05, 0.1) is 12.8 Å². The molecule has 0 saturated carbocycles. The van der Waals surface area contributed by atoms with Gasteiger partial charge < -0.3 is 4.74 Å². The van der Waals surface area contributed by atoms with Crippen LogP contribution in [0.15, 0.2) is 42.9 Å². The van der Waals surface area contributed by atoms with Crippen LogP contribution in [0.5, 0.6) is 5.88 Å². The van der Waals surface area contributed by atoms with E-state index in [4.69, 9.17) is 4.74 Å². The van der Waals surface area contributed by atoms with Gasteiger partial charge in [-0.05, 0) is 37.9 Å². The van der Waals surface area contributed by atoms with Gasteiger partial charge in [-0.3, -0.25) is 9.88 Å². The molecule has 2 aromatic rings. The molecule has 1 aliphatic heterocycles. The van der Waals surface area contributed by atoms with Gasteiger partial charge >= 0.3 is 0 Å². The van der Waals surface area contributed by atoms with Gasteiger partial charge in [-0.2, -0.15) is 0 Å². The van der Waals surface area contributed by atoms with Gasteiger partial charge in [-0.1, -0.05) is 18.2 Å². The van der Waals surface area contributed by atoms with E-state index in [0.29, 0.717) is 24.9 Å². The van der Waals surface area contributed by atoms with Crippen molar-refractivity contribution in [3.63, 3.8) is 0 Å². The molecule has 0 aliphatic carbocycles. The van der Waals surface area contributed by atoms with Gasteiger partial charge in [0, 0.05) is 24.5 Å². The van der Waals surface area contributed by atoms with E-state index in [0.717, 1.165) is 31.5 Å². The van der Waals surface area contributed by atoms with E-state index in [-0.39, 0.29) is 5.82 Å². The highest BCUT2D eigenvalue weighted by molar-refractivity contribution is 5.17. The Hall–Kier alpha value is -2.01. The molecule has 0 spiro atoms. The van der Waals surface area contributed by atoms with Gasteiger partial charge in [-0.15, -0.1) is 0 Å². The van der Waals surface area contributed by atoms with Crippen molar-refractivity contribution in [2.24, 2.45) is 5.92 Å². The molecule has 1 fully saturated rings. The van der Waals surface area contributed by atoms with Crippen LogP contribution in [0.4, 0.5) is 4.39 Å². The summed E-state index contributed by atoms with van der Waals surface area (Å²) in [6.45, 7) is 3.31. The Labute approximate surface area is 130 Å². The summed E-state index contributed by atoms with van der Waals surface area (Å²) in [5.41, 5.74) is 0.775. The first-order chi connectivity index (χ1) is 10.8. The first kappa shape index (κ1) is 14.9. The molecule has 1 aliphatic rings. The minimum atomic E-state index is -0.115. The normalized spacial score (nSPS) is 16.6. The van der Waals surface area contributed by atoms with E-state index < -0.39 is 0 Å². The summed E-state index contributed by atoms with van der Waals surface area (Å²) < 4.78 is 19.3. The van der Waals surface area contributed by atoms with Crippen molar-refractivity contribution in [1.82, 2.24) is 14.9 Å². The number of aromatic nitrogens is 2. The molecule has 22 heavy (non-hydrogen) atoms. The van der Waals surface area contributed by atoms with Crippen molar-refractivity contribution in [3.8, 4) is 5.88 Å². The number of likely N-dealkylation sites (tertiary alicyclic amines) is 1. The van der Waals surface area contributed by atoms with E-state index >= 15 is 0 Å². The largest absolute Gasteiger partial charge is 0.476 e. The Kier molecular flexibility index (Phi) is 4.96. The fourth-order valence-corrected chi connectivity index (χ4v) is 2.74. The quantitative estimate of drug-likeness (QED) is 0.851. The summed E-state index contributed by atoms with van der Waals surface area (Å²) in [7, 11) is 0. The number of piperidine rings is 1. The summed E-state index contributed by atoms with van der Waals surface area (Å²) >= 11 is 0. The third-order valence-electron chi connectivity index (χ3n) is 4.07. The molecule has 1 aromatic heterocycles. The summed E-state index contributed by atoms with van der Waals surface area (Å²) in [5, 5.41) is 0. The van der Waals surface area contributed by atoms with Crippen molar-refractivity contribution >= 4 is 0 Å². The number of ether oxygens (including phenoxy) is 1. The van der Waals surface area contributed by atoms with Gasteiger partial charge in [0.2, 0.25) is 5.88 Å². The van der Waals surface area contributed by atoms with Crippen LogP contribution in [0.2, 0.25) is 0 Å². The summed E-state index contributed by atoms with van der Waals surface area (Å²) in [5.74, 6) is 0.991. The number of nitrogens with zero attached hydrogens (tertiary/aromatic N) is 3. The van der Waals surface area contributed by atoms with Crippen LogP contribution in [0.1, 0.15) is 18.4 Å². The minimum absolute atomic E-state index is 0.115. The summed E-state index contributed by atoms with van der Waals surface area (Å²) in [6, 6.07) is 7.00. The smallest absolute Gasteiger partial charge is 0.232 e. The SMILES string of the molecule is Fc1ccccc1CN1CCC(COc2cnccn2)CC1. The molecule has 4 nitrogen and oxygen atoms in total. The lowest BCUT2D eigenvalue weighted by molar-refractivity contribution is 0.133. The monoisotopic (exact) mass is 301 g/mol. The van der Waals surface area contributed by atoms with E-state index in [1.165, 1.54) is 6.07 Å². The minimum Gasteiger partial charge on any atom is -0.476 e. The Morgan fingerprint density at radius 3 is 2.73 bits per heavy atom. The molecule has 116 valence electrons. The topological polar surface area (TPSA) is 38.2 Å². The van der Waals surface area contributed by atoms with Gasteiger partial charge in [0.15, 0.2) is 0 Å². The molecular formula is C17H20FN3O. The average Bonchev–Trinajstić information content (AvgIpc) is 2.57. The standard InChI is InChI=1S/C17H20FN3O/c18-16-4-2-1-3-15(16)12-21-9-5-14(6-10-21)13-22-17-11-19-7-8-20-17/h1-4,7-8,11,14H,5-6,9-10,12-13H2. The fraction of sp³-hybridized carbons (Fsp3) is 0.412. The fourth-order valence-electron chi connectivity index (χ4n) is 2.74. The predicted molar refractivity (Wildman–Crippen MR) is 81.9 cm³/mol. The van der Waals surface area contributed by atoms with Crippen molar-refractivity contribution in [2.75, 3.05) is 19.7 Å². The number of benzene rings is 1. The molecule has 3 rings (SSSR count). The Balaban J connectivity index is 1.44. The Morgan fingerprint density at radius 2 is 2.00 bits per heavy atom. The van der Waals surface area contributed by atoms with Crippen LogP contribution in [0.3, 0.4) is 0 Å². The predicted octanol–water partition coefficient (Wildman–Crippen LogP) is 2.91. The molecule has 0 unspecified atom stereocenters. The van der Waals surface area contributed by atoms with Crippen LogP contribution < -0.4 is 4.74 Å². The zero-order valence-corrected chi connectivity index (χ0v) is 12.5. The highest BCUT2D eigenvalue weighted by Gasteiger charge is 2.20. The molecule has 0 radical (unpaired) electrons. The highest BCUT2D eigenvalue weighted by atomic mass is 19.1. The number of rotatable bonds is 5. The van der Waals surface area contributed by atoms with Crippen LogP contribution in [-0.2, 0) is 6.54 Å². The molecule has 1 saturated heterocycles. The molecular weight excluding hydrogens is 281 g/mol. The van der Waals surface area contributed by atoms with Crippen LogP contribution >= 0.6 is 0 Å². The Morgan fingerprint density at radius 1 is 1.18 bits per heavy atom. The summed E-state index contributed by atoms with van der Waals surface area (Å²) in [4.78, 5) is 10.4. The van der Waals surface area contributed by atoms with Gasteiger partial charge in [0.25, 0.3) is 0 Å². The van der Waals surface area contributed by atoms with E-state index in [2.05, 4.69) is 14.9 Å². The zero-order valence-electron chi connectivity index (χ0n) is 12.5. The van der Waals surface area contributed by atoms with Crippen molar-refractivity contribution in [1.29, 1.82) is 0 Å². The molecule has 2 heterocycles. The van der Waals surface area contributed by atoms with Crippen LogP contribution in [0, 0.1) is 11.7 Å². The average molecular weight is 301 g/mol. The van der Waals surface area contributed by atoms with Crippen molar-refractivity contribution < 1.29 is 9.13 Å². The number of hydrogen-bond acceptors (Lipinski definition) is 4. The second kappa shape index (κ2) is 7.31. The Bertz CT molecular complexity index is 585. The van der Waals surface area contributed by atoms with Gasteiger partial charge in [0.1, 0.15) is 5.82 Å². The maximum atomic E-state index is 13.7. The van der Waals surface area contributed by atoms with E-state index in [1.807, 2.05) is 12.1 Å². The second-order valence-electron chi connectivity index (χ2n) is 5.67. The summed E-state index contributed by atoms with van der Waals surface area (Å²) in [6.07, 6.45) is 7.02.